The van der Waals surface area contributed by atoms with Crippen LogP contribution >= 0.6 is 0 Å². The molecule has 0 bridgehead atoms. The smallest absolute Gasteiger partial charge is 0.303 e. The van der Waals surface area contributed by atoms with Crippen LogP contribution < -0.4 is 5.32 Å². The molecule has 0 heterocycles. The number of rotatable bonds is 10. The quantitative estimate of drug-likeness (QED) is 0.574. The van der Waals surface area contributed by atoms with Gasteiger partial charge < -0.3 is 15.5 Å². The molecular weight excluding hydrogens is 294 g/mol. The molecule has 0 atom stereocenters. The molecule has 0 unspecified atom stereocenters. The van der Waals surface area contributed by atoms with Crippen LogP contribution in [0.15, 0.2) is 18.2 Å². The SMILES string of the molecule is CC(C)c1ccc(O)c(C(=O)NCCCCCCCC(=O)O)c1. The van der Waals surface area contributed by atoms with E-state index >= 15 is 0 Å². The minimum Gasteiger partial charge on any atom is -0.507 e. The number of nitrogens with one attached hydrogen (secondary N) is 1. The van der Waals surface area contributed by atoms with Crippen LogP contribution in [-0.2, 0) is 4.79 Å². The molecule has 23 heavy (non-hydrogen) atoms. The van der Waals surface area contributed by atoms with Crippen molar-refractivity contribution in [2.24, 2.45) is 0 Å². The first-order chi connectivity index (χ1) is 10.9. The molecule has 1 rings (SSSR count). The van der Waals surface area contributed by atoms with E-state index in [0.29, 0.717) is 24.4 Å². The summed E-state index contributed by atoms with van der Waals surface area (Å²) in [5.74, 6) is -0.704. The van der Waals surface area contributed by atoms with Crippen molar-refractivity contribution in [3.8, 4) is 5.75 Å². The van der Waals surface area contributed by atoms with E-state index in [2.05, 4.69) is 5.32 Å². The van der Waals surface area contributed by atoms with Gasteiger partial charge in [0.05, 0.1) is 5.56 Å². The summed E-state index contributed by atoms with van der Waals surface area (Å²) in [5, 5.41) is 21.2. The highest BCUT2D eigenvalue weighted by atomic mass is 16.4. The maximum Gasteiger partial charge on any atom is 0.303 e. The van der Waals surface area contributed by atoms with Crippen LogP contribution in [0.1, 0.15) is 74.2 Å². The zero-order valence-corrected chi connectivity index (χ0v) is 14.0. The highest BCUT2D eigenvalue weighted by Crippen LogP contribution is 2.23. The number of carbonyl (C=O) groups is 2. The monoisotopic (exact) mass is 321 g/mol. The first kappa shape index (κ1) is 19.0. The molecule has 0 radical (unpaired) electrons. The van der Waals surface area contributed by atoms with Gasteiger partial charge in [0, 0.05) is 13.0 Å². The Balaban J connectivity index is 2.29. The summed E-state index contributed by atoms with van der Waals surface area (Å²) < 4.78 is 0. The van der Waals surface area contributed by atoms with Crippen LogP contribution in [0, 0.1) is 0 Å². The van der Waals surface area contributed by atoms with Gasteiger partial charge in [0.15, 0.2) is 0 Å². The number of carboxylic acid groups (broad SMARTS) is 1. The zero-order chi connectivity index (χ0) is 17.2. The summed E-state index contributed by atoms with van der Waals surface area (Å²) in [5.41, 5.74) is 1.34. The predicted molar refractivity (Wildman–Crippen MR) is 89.9 cm³/mol. The van der Waals surface area contributed by atoms with Gasteiger partial charge in [0.2, 0.25) is 0 Å². The molecule has 0 aromatic heterocycles. The van der Waals surface area contributed by atoms with Gasteiger partial charge in [-0.15, -0.1) is 0 Å². The number of hydrogen-bond acceptors (Lipinski definition) is 3. The first-order valence-corrected chi connectivity index (χ1v) is 8.24. The van der Waals surface area contributed by atoms with E-state index in [1.807, 2.05) is 19.9 Å². The average Bonchev–Trinajstić information content (AvgIpc) is 2.49. The van der Waals surface area contributed by atoms with Gasteiger partial charge in [-0.05, 0) is 36.5 Å². The van der Waals surface area contributed by atoms with Gasteiger partial charge in [0.25, 0.3) is 5.91 Å². The summed E-state index contributed by atoms with van der Waals surface area (Å²) in [4.78, 5) is 22.5. The Morgan fingerprint density at radius 3 is 2.39 bits per heavy atom. The minimum atomic E-state index is -0.749. The fraction of sp³-hybridized carbons (Fsp3) is 0.556. The van der Waals surface area contributed by atoms with Crippen LogP contribution in [0.25, 0.3) is 0 Å². The van der Waals surface area contributed by atoms with Crippen LogP contribution in [0.5, 0.6) is 5.75 Å². The molecule has 5 nitrogen and oxygen atoms in total. The van der Waals surface area contributed by atoms with Gasteiger partial charge in [-0.1, -0.05) is 39.2 Å². The van der Waals surface area contributed by atoms with Crippen LogP contribution in [-0.4, -0.2) is 28.6 Å². The number of unbranched alkanes of at least 4 members (excludes halogenated alkanes) is 4. The first-order valence-electron chi connectivity index (χ1n) is 8.24. The van der Waals surface area contributed by atoms with E-state index in [1.165, 1.54) is 0 Å². The maximum atomic E-state index is 12.1. The highest BCUT2D eigenvalue weighted by molar-refractivity contribution is 5.97. The van der Waals surface area contributed by atoms with Crippen molar-refractivity contribution in [3.05, 3.63) is 29.3 Å². The number of amides is 1. The second-order valence-electron chi connectivity index (χ2n) is 6.10. The standard InChI is InChI=1S/C18H27NO4/c1-13(2)14-9-10-16(20)15(12-14)18(23)19-11-7-5-3-4-6-8-17(21)22/h9-10,12-13,20H,3-8,11H2,1-2H3,(H,19,23)(H,21,22). The average molecular weight is 321 g/mol. The van der Waals surface area contributed by atoms with Crippen molar-refractivity contribution >= 4 is 11.9 Å². The normalized spacial score (nSPS) is 10.7. The summed E-state index contributed by atoms with van der Waals surface area (Å²) in [6.07, 6.45) is 4.61. The van der Waals surface area contributed by atoms with Crippen LogP contribution in [0.2, 0.25) is 0 Å². The molecule has 0 aliphatic heterocycles. The molecule has 0 spiro atoms. The topological polar surface area (TPSA) is 86.6 Å². The van der Waals surface area contributed by atoms with Gasteiger partial charge in [0.1, 0.15) is 5.75 Å². The predicted octanol–water partition coefficient (Wildman–Crippen LogP) is 3.67. The lowest BCUT2D eigenvalue weighted by atomic mass is 10.00. The number of phenolic OH excluding ortho intramolecular Hbond substituents is 1. The number of aromatic hydroxyl groups is 1. The summed E-state index contributed by atoms with van der Waals surface area (Å²) in [6.45, 7) is 4.64. The lowest BCUT2D eigenvalue weighted by Gasteiger charge is -2.10. The molecule has 0 saturated heterocycles. The number of carboxylic acids is 1. The molecule has 1 amide bonds. The third-order valence-corrected chi connectivity index (χ3v) is 3.78. The highest BCUT2D eigenvalue weighted by Gasteiger charge is 2.12. The second-order valence-corrected chi connectivity index (χ2v) is 6.10. The number of aliphatic carboxylic acids is 1. The van der Waals surface area contributed by atoms with Gasteiger partial charge >= 0.3 is 5.97 Å². The molecule has 5 heteroatoms. The minimum absolute atomic E-state index is 0.000528. The van der Waals surface area contributed by atoms with Crippen molar-refractivity contribution in [2.45, 2.75) is 58.3 Å². The van der Waals surface area contributed by atoms with E-state index in [4.69, 9.17) is 5.11 Å². The number of carbonyl (C=O) groups excluding carboxylic acids is 1. The Labute approximate surface area is 137 Å². The zero-order valence-electron chi connectivity index (χ0n) is 14.0. The number of hydrogen-bond donors (Lipinski definition) is 3. The van der Waals surface area contributed by atoms with E-state index < -0.39 is 5.97 Å². The van der Waals surface area contributed by atoms with E-state index in [-0.39, 0.29) is 18.1 Å². The van der Waals surface area contributed by atoms with Crippen molar-refractivity contribution in [3.63, 3.8) is 0 Å². The van der Waals surface area contributed by atoms with Gasteiger partial charge in [-0.25, -0.2) is 0 Å². The number of phenols is 1. The van der Waals surface area contributed by atoms with E-state index in [1.54, 1.807) is 12.1 Å². The summed E-state index contributed by atoms with van der Waals surface area (Å²) in [7, 11) is 0. The Kier molecular flexibility index (Phi) is 8.16. The largest absolute Gasteiger partial charge is 0.507 e. The molecule has 1 aromatic rings. The maximum absolute atomic E-state index is 12.1. The third-order valence-electron chi connectivity index (χ3n) is 3.78. The van der Waals surface area contributed by atoms with Crippen molar-refractivity contribution in [2.75, 3.05) is 6.54 Å². The Morgan fingerprint density at radius 2 is 1.74 bits per heavy atom. The summed E-state index contributed by atoms with van der Waals surface area (Å²) in [6, 6.07) is 5.13. The van der Waals surface area contributed by atoms with E-state index in [9.17, 15) is 14.7 Å². The Bertz CT molecular complexity index is 526. The molecule has 0 aliphatic rings. The lowest BCUT2D eigenvalue weighted by molar-refractivity contribution is -0.137. The second kappa shape index (κ2) is 9.87. The molecule has 128 valence electrons. The molecule has 0 aliphatic carbocycles. The molecule has 1 aromatic carbocycles. The van der Waals surface area contributed by atoms with Crippen molar-refractivity contribution < 1.29 is 19.8 Å². The van der Waals surface area contributed by atoms with Gasteiger partial charge in [-0.3, -0.25) is 9.59 Å². The molecule has 0 saturated carbocycles. The van der Waals surface area contributed by atoms with E-state index in [0.717, 1.165) is 31.2 Å². The van der Waals surface area contributed by atoms with Crippen LogP contribution in [0.3, 0.4) is 0 Å². The molecular formula is C18H27NO4. The number of benzene rings is 1. The fourth-order valence-electron chi connectivity index (χ4n) is 2.32. The Morgan fingerprint density at radius 1 is 1.09 bits per heavy atom. The molecule has 3 N–H and O–H groups in total. The third kappa shape index (κ3) is 7.17. The van der Waals surface area contributed by atoms with Gasteiger partial charge in [-0.2, -0.15) is 0 Å². The fourth-order valence-corrected chi connectivity index (χ4v) is 2.32. The molecule has 0 fully saturated rings. The Hall–Kier alpha value is -2.04. The summed E-state index contributed by atoms with van der Waals surface area (Å²) >= 11 is 0. The van der Waals surface area contributed by atoms with Crippen LogP contribution in [0.4, 0.5) is 0 Å². The lowest BCUT2D eigenvalue weighted by Crippen LogP contribution is -2.24. The van der Waals surface area contributed by atoms with Crippen molar-refractivity contribution in [1.29, 1.82) is 0 Å². The van der Waals surface area contributed by atoms with Crippen molar-refractivity contribution in [1.82, 2.24) is 5.32 Å².